The summed E-state index contributed by atoms with van der Waals surface area (Å²) in [6.45, 7) is 2.89. The third-order valence-electron chi connectivity index (χ3n) is 1.27. The largest absolute Gasteiger partial charge is 0.331 e. The summed E-state index contributed by atoms with van der Waals surface area (Å²) in [7, 11) is 5.33. The third-order valence-corrected chi connectivity index (χ3v) is 1.27. The number of rotatable bonds is 2. The van der Waals surface area contributed by atoms with Gasteiger partial charge in [-0.05, 0) is 6.42 Å². The van der Waals surface area contributed by atoms with E-state index >= 15 is 0 Å². The first-order chi connectivity index (χ1) is 4.59. The molecule has 0 aromatic carbocycles. The molecular formula is C7H16N2O. The lowest BCUT2D eigenvalue weighted by molar-refractivity contribution is 0.182. The molecule has 0 rings (SSSR count). The highest BCUT2D eigenvalue weighted by atomic mass is 16.2. The van der Waals surface area contributed by atoms with E-state index in [1.807, 2.05) is 7.05 Å². The lowest BCUT2D eigenvalue weighted by Gasteiger charge is -2.20. The maximum Gasteiger partial charge on any atom is 0.319 e. The maximum atomic E-state index is 11.1. The van der Waals surface area contributed by atoms with Gasteiger partial charge in [0.1, 0.15) is 0 Å². The average molecular weight is 144 g/mol. The lowest BCUT2D eigenvalue weighted by Crippen LogP contribution is -2.36. The Morgan fingerprint density at radius 1 is 1.30 bits per heavy atom. The molecule has 0 N–H and O–H groups in total. The summed E-state index contributed by atoms with van der Waals surface area (Å²) >= 11 is 0. The van der Waals surface area contributed by atoms with E-state index in [1.54, 1.807) is 23.9 Å². The Morgan fingerprint density at radius 2 is 1.80 bits per heavy atom. The van der Waals surface area contributed by atoms with E-state index in [2.05, 4.69) is 6.92 Å². The molecule has 3 nitrogen and oxygen atoms in total. The topological polar surface area (TPSA) is 23.6 Å². The number of amides is 2. The molecule has 0 heterocycles. The van der Waals surface area contributed by atoms with Gasteiger partial charge in [-0.3, -0.25) is 0 Å². The fraction of sp³-hybridized carbons (Fsp3) is 0.857. The standard InChI is InChI=1S/C7H16N2O/c1-5-6-9(4)7(10)8(2)3/h5-6H2,1-4H3. The van der Waals surface area contributed by atoms with E-state index in [0.29, 0.717) is 0 Å². The van der Waals surface area contributed by atoms with E-state index < -0.39 is 0 Å². The van der Waals surface area contributed by atoms with Crippen molar-refractivity contribution in [3.05, 3.63) is 0 Å². The molecule has 2 amide bonds. The van der Waals surface area contributed by atoms with Crippen LogP contribution in [0.15, 0.2) is 0 Å². The van der Waals surface area contributed by atoms with Crippen LogP contribution >= 0.6 is 0 Å². The normalized spacial score (nSPS) is 9.20. The van der Waals surface area contributed by atoms with Crippen LogP contribution < -0.4 is 0 Å². The molecule has 0 aliphatic carbocycles. The molecule has 0 aromatic heterocycles. The van der Waals surface area contributed by atoms with Crippen LogP contribution in [0.25, 0.3) is 0 Å². The zero-order valence-electron chi connectivity index (χ0n) is 7.22. The highest BCUT2D eigenvalue weighted by Crippen LogP contribution is 1.91. The van der Waals surface area contributed by atoms with E-state index in [9.17, 15) is 4.79 Å². The molecule has 0 saturated heterocycles. The minimum absolute atomic E-state index is 0.0712. The van der Waals surface area contributed by atoms with Crippen LogP contribution in [-0.4, -0.2) is 43.5 Å². The van der Waals surface area contributed by atoms with Gasteiger partial charge < -0.3 is 9.80 Å². The molecule has 0 saturated carbocycles. The molecule has 0 fully saturated rings. The van der Waals surface area contributed by atoms with E-state index in [4.69, 9.17) is 0 Å². The Morgan fingerprint density at radius 3 is 2.10 bits per heavy atom. The van der Waals surface area contributed by atoms with Crippen molar-refractivity contribution >= 4 is 6.03 Å². The van der Waals surface area contributed by atoms with Crippen LogP contribution in [-0.2, 0) is 0 Å². The van der Waals surface area contributed by atoms with Crippen LogP contribution in [0.2, 0.25) is 0 Å². The third kappa shape index (κ3) is 2.71. The Bertz CT molecular complexity index is 112. The van der Waals surface area contributed by atoms with Gasteiger partial charge in [0.25, 0.3) is 0 Å². The van der Waals surface area contributed by atoms with Crippen molar-refractivity contribution < 1.29 is 4.79 Å². The number of urea groups is 1. The van der Waals surface area contributed by atoms with Crippen molar-refractivity contribution in [2.75, 3.05) is 27.7 Å². The molecule has 60 valence electrons. The second-order valence-corrected chi connectivity index (χ2v) is 2.60. The summed E-state index contributed by atoms with van der Waals surface area (Å²) in [6.07, 6.45) is 1.01. The quantitative estimate of drug-likeness (QED) is 0.567. The van der Waals surface area contributed by atoms with E-state index in [0.717, 1.165) is 13.0 Å². The molecular weight excluding hydrogens is 128 g/mol. The second-order valence-electron chi connectivity index (χ2n) is 2.60. The number of hydrogen-bond donors (Lipinski definition) is 0. The Labute approximate surface area is 62.6 Å². The number of hydrogen-bond acceptors (Lipinski definition) is 1. The van der Waals surface area contributed by atoms with Crippen molar-refractivity contribution in [3.63, 3.8) is 0 Å². The van der Waals surface area contributed by atoms with Crippen LogP contribution in [0.3, 0.4) is 0 Å². The van der Waals surface area contributed by atoms with Gasteiger partial charge >= 0.3 is 6.03 Å². The van der Waals surface area contributed by atoms with Gasteiger partial charge in [0.15, 0.2) is 0 Å². The van der Waals surface area contributed by atoms with E-state index in [1.165, 1.54) is 0 Å². The summed E-state index contributed by atoms with van der Waals surface area (Å²) in [5, 5.41) is 0. The molecule has 0 atom stereocenters. The average Bonchev–Trinajstić information content (AvgIpc) is 1.87. The predicted molar refractivity (Wildman–Crippen MR) is 42.0 cm³/mol. The number of nitrogens with zero attached hydrogens (tertiary/aromatic N) is 2. The molecule has 10 heavy (non-hydrogen) atoms. The van der Waals surface area contributed by atoms with Gasteiger partial charge in [-0.25, -0.2) is 4.79 Å². The van der Waals surface area contributed by atoms with Gasteiger partial charge in [-0.2, -0.15) is 0 Å². The maximum absolute atomic E-state index is 11.1. The van der Waals surface area contributed by atoms with Crippen LogP contribution in [0.1, 0.15) is 13.3 Å². The smallest absolute Gasteiger partial charge is 0.319 e. The van der Waals surface area contributed by atoms with Crippen molar-refractivity contribution in [2.45, 2.75) is 13.3 Å². The minimum atomic E-state index is 0.0712. The van der Waals surface area contributed by atoms with Gasteiger partial charge in [-0.15, -0.1) is 0 Å². The Balaban J connectivity index is 3.71. The Kier molecular flexibility index (Phi) is 3.84. The number of carbonyl (C=O) groups excluding carboxylic acids is 1. The minimum Gasteiger partial charge on any atom is -0.331 e. The summed E-state index contributed by atoms with van der Waals surface area (Å²) < 4.78 is 0. The molecule has 3 heteroatoms. The summed E-state index contributed by atoms with van der Waals surface area (Å²) in [5.74, 6) is 0. The molecule has 0 spiro atoms. The molecule has 0 aromatic rings. The van der Waals surface area contributed by atoms with Crippen molar-refractivity contribution in [1.82, 2.24) is 9.80 Å². The first-order valence-electron chi connectivity index (χ1n) is 3.52. The molecule has 0 aliphatic heterocycles. The summed E-state index contributed by atoms with van der Waals surface area (Å²) in [5.41, 5.74) is 0. The molecule has 0 radical (unpaired) electrons. The SMILES string of the molecule is CCCN(C)C(=O)N(C)C. The van der Waals surface area contributed by atoms with Crippen molar-refractivity contribution in [1.29, 1.82) is 0 Å². The van der Waals surface area contributed by atoms with Crippen LogP contribution in [0.4, 0.5) is 4.79 Å². The zero-order chi connectivity index (χ0) is 8.15. The highest BCUT2D eigenvalue weighted by Gasteiger charge is 2.07. The fourth-order valence-electron chi connectivity index (χ4n) is 0.772. The number of carbonyl (C=O) groups is 1. The van der Waals surface area contributed by atoms with Crippen LogP contribution in [0.5, 0.6) is 0 Å². The lowest BCUT2D eigenvalue weighted by atomic mass is 10.4. The second kappa shape index (κ2) is 4.14. The van der Waals surface area contributed by atoms with Gasteiger partial charge in [0, 0.05) is 27.7 Å². The zero-order valence-corrected chi connectivity index (χ0v) is 7.22. The first kappa shape index (κ1) is 9.27. The monoisotopic (exact) mass is 144 g/mol. The van der Waals surface area contributed by atoms with Crippen molar-refractivity contribution in [3.8, 4) is 0 Å². The summed E-state index contributed by atoms with van der Waals surface area (Å²) in [4.78, 5) is 14.4. The summed E-state index contributed by atoms with van der Waals surface area (Å²) in [6, 6.07) is 0.0712. The fourth-order valence-corrected chi connectivity index (χ4v) is 0.772. The molecule has 0 unspecified atom stereocenters. The van der Waals surface area contributed by atoms with Gasteiger partial charge in [0.2, 0.25) is 0 Å². The first-order valence-corrected chi connectivity index (χ1v) is 3.52. The highest BCUT2D eigenvalue weighted by molar-refractivity contribution is 5.73. The van der Waals surface area contributed by atoms with Crippen molar-refractivity contribution in [2.24, 2.45) is 0 Å². The Hall–Kier alpha value is -0.730. The van der Waals surface area contributed by atoms with Gasteiger partial charge in [0.05, 0.1) is 0 Å². The predicted octanol–water partition coefficient (Wildman–Crippen LogP) is 1.01. The van der Waals surface area contributed by atoms with Crippen LogP contribution in [0, 0.1) is 0 Å². The van der Waals surface area contributed by atoms with Gasteiger partial charge in [-0.1, -0.05) is 6.92 Å². The molecule has 0 aliphatic rings. The van der Waals surface area contributed by atoms with E-state index in [-0.39, 0.29) is 6.03 Å². The molecule has 0 bridgehead atoms.